The lowest BCUT2D eigenvalue weighted by Crippen LogP contribution is -2.26. The second-order valence-corrected chi connectivity index (χ2v) is 5.83. The summed E-state index contributed by atoms with van der Waals surface area (Å²) < 4.78 is 9.82. The maximum Gasteiger partial charge on any atom is 0.342 e. The molecular formula is C16H20O6. The summed E-state index contributed by atoms with van der Waals surface area (Å²) in [6, 6.07) is 0. The van der Waals surface area contributed by atoms with Crippen LogP contribution in [-0.2, 0) is 28.7 Å². The Morgan fingerprint density at radius 2 is 1.14 bits per heavy atom. The SMILES string of the molecule is CC(C)COC(=O)C1=CC(=O)C(C(=O)OCC(C)C)=CC1=O. The Bertz CT molecular complexity index is 501. The Balaban J connectivity index is 2.78. The van der Waals surface area contributed by atoms with E-state index >= 15 is 0 Å². The number of hydrogen-bond acceptors (Lipinski definition) is 6. The van der Waals surface area contributed by atoms with E-state index in [1.165, 1.54) is 0 Å². The minimum atomic E-state index is -0.863. The van der Waals surface area contributed by atoms with Crippen LogP contribution in [0.2, 0.25) is 0 Å². The molecule has 0 radical (unpaired) electrons. The average Bonchev–Trinajstić information content (AvgIpc) is 2.44. The molecule has 0 aromatic rings. The lowest BCUT2D eigenvalue weighted by molar-refractivity contribution is -0.143. The number of carbonyl (C=O) groups is 4. The third-order valence-corrected chi connectivity index (χ3v) is 2.62. The van der Waals surface area contributed by atoms with Crippen molar-refractivity contribution >= 4 is 23.5 Å². The van der Waals surface area contributed by atoms with Gasteiger partial charge in [0.1, 0.15) is 11.1 Å². The van der Waals surface area contributed by atoms with E-state index in [1.54, 1.807) is 0 Å². The molecular weight excluding hydrogens is 288 g/mol. The van der Waals surface area contributed by atoms with Crippen molar-refractivity contribution in [3.8, 4) is 0 Å². The fourth-order valence-electron chi connectivity index (χ4n) is 1.52. The Kier molecular flexibility index (Phi) is 6.22. The van der Waals surface area contributed by atoms with Gasteiger partial charge in [0.15, 0.2) is 11.6 Å². The summed E-state index contributed by atoms with van der Waals surface area (Å²) in [5.41, 5.74) is -0.739. The first-order valence-corrected chi connectivity index (χ1v) is 7.08. The summed E-state index contributed by atoms with van der Waals surface area (Å²) >= 11 is 0. The highest BCUT2D eigenvalue weighted by Gasteiger charge is 2.30. The Labute approximate surface area is 129 Å². The van der Waals surface area contributed by atoms with Crippen LogP contribution >= 0.6 is 0 Å². The van der Waals surface area contributed by atoms with Gasteiger partial charge in [-0.1, -0.05) is 27.7 Å². The quantitative estimate of drug-likeness (QED) is 0.419. The molecule has 0 fully saturated rings. The molecule has 120 valence electrons. The van der Waals surface area contributed by atoms with Crippen LogP contribution in [0.1, 0.15) is 27.7 Å². The number of ketones is 2. The summed E-state index contributed by atoms with van der Waals surface area (Å²) in [6.07, 6.45) is 1.66. The highest BCUT2D eigenvalue weighted by molar-refractivity contribution is 6.35. The molecule has 0 saturated heterocycles. The molecule has 0 atom stereocenters. The zero-order valence-electron chi connectivity index (χ0n) is 13.2. The molecule has 6 heteroatoms. The minimum Gasteiger partial charge on any atom is -0.462 e. The normalized spacial score (nSPS) is 14.8. The minimum absolute atomic E-state index is 0.107. The number of carbonyl (C=O) groups excluding carboxylic acids is 4. The number of esters is 2. The standard InChI is InChI=1S/C16H20O6/c1-9(2)7-21-15(19)11-5-14(18)12(6-13(11)17)16(20)22-8-10(3)4/h5-6,9-10H,7-8H2,1-4H3. The van der Waals surface area contributed by atoms with Gasteiger partial charge in [-0.05, 0) is 11.8 Å². The number of allylic oxidation sites excluding steroid dienone is 2. The summed E-state index contributed by atoms with van der Waals surface area (Å²) in [5, 5.41) is 0. The van der Waals surface area contributed by atoms with Gasteiger partial charge in [0, 0.05) is 12.2 Å². The molecule has 0 aliphatic heterocycles. The van der Waals surface area contributed by atoms with Crippen LogP contribution in [0.25, 0.3) is 0 Å². The second kappa shape index (κ2) is 7.68. The summed E-state index contributed by atoms with van der Waals surface area (Å²) in [7, 11) is 0. The summed E-state index contributed by atoms with van der Waals surface area (Å²) in [5.74, 6) is -2.97. The Morgan fingerprint density at radius 3 is 1.41 bits per heavy atom. The lowest BCUT2D eigenvalue weighted by Gasteiger charge is -2.13. The van der Waals surface area contributed by atoms with Crippen LogP contribution in [0.5, 0.6) is 0 Å². The maximum atomic E-state index is 11.9. The molecule has 0 N–H and O–H groups in total. The Morgan fingerprint density at radius 1 is 0.818 bits per heavy atom. The molecule has 0 unspecified atom stereocenters. The Hall–Kier alpha value is -2.24. The van der Waals surface area contributed by atoms with E-state index in [2.05, 4.69) is 0 Å². The number of hydrogen-bond donors (Lipinski definition) is 0. The van der Waals surface area contributed by atoms with Gasteiger partial charge >= 0.3 is 11.9 Å². The van der Waals surface area contributed by atoms with Gasteiger partial charge in [-0.15, -0.1) is 0 Å². The van der Waals surface area contributed by atoms with Crippen molar-refractivity contribution in [3.05, 3.63) is 23.3 Å². The topological polar surface area (TPSA) is 86.7 Å². The van der Waals surface area contributed by atoms with Gasteiger partial charge in [-0.25, -0.2) is 9.59 Å². The smallest absolute Gasteiger partial charge is 0.342 e. The highest BCUT2D eigenvalue weighted by atomic mass is 16.5. The van der Waals surface area contributed by atoms with E-state index in [9.17, 15) is 19.2 Å². The van der Waals surface area contributed by atoms with E-state index in [0.717, 1.165) is 12.2 Å². The molecule has 0 heterocycles. The van der Waals surface area contributed by atoms with Crippen molar-refractivity contribution in [2.75, 3.05) is 13.2 Å². The van der Waals surface area contributed by atoms with E-state index in [1.807, 2.05) is 27.7 Å². The van der Waals surface area contributed by atoms with Gasteiger partial charge in [-0.2, -0.15) is 0 Å². The van der Waals surface area contributed by atoms with E-state index in [4.69, 9.17) is 9.47 Å². The monoisotopic (exact) mass is 308 g/mol. The number of ether oxygens (including phenoxy) is 2. The van der Waals surface area contributed by atoms with Crippen LogP contribution < -0.4 is 0 Å². The number of rotatable bonds is 6. The molecule has 0 bridgehead atoms. The molecule has 0 aromatic carbocycles. The predicted molar refractivity (Wildman–Crippen MR) is 77.8 cm³/mol. The van der Waals surface area contributed by atoms with Crippen LogP contribution in [0, 0.1) is 11.8 Å². The molecule has 0 saturated carbocycles. The molecule has 0 amide bonds. The van der Waals surface area contributed by atoms with Gasteiger partial charge in [0.05, 0.1) is 13.2 Å². The first-order valence-electron chi connectivity index (χ1n) is 7.08. The fraction of sp³-hybridized carbons (Fsp3) is 0.500. The van der Waals surface area contributed by atoms with Gasteiger partial charge in [0.2, 0.25) is 0 Å². The largest absolute Gasteiger partial charge is 0.462 e. The van der Waals surface area contributed by atoms with Crippen molar-refractivity contribution in [1.82, 2.24) is 0 Å². The second-order valence-electron chi connectivity index (χ2n) is 5.83. The third kappa shape index (κ3) is 4.95. The third-order valence-electron chi connectivity index (χ3n) is 2.62. The zero-order valence-corrected chi connectivity index (χ0v) is 13.2. The summed E-state index contributed by atoms with van der Waals surface area (Å²) in [6.45, 7) is 7.67. The fourth-order valence-corrected chi connectivity index (χ4v) is 1.52. The summed E-state index contributed by atoms with van der Waals surface area (Å²) in [4.78, 5) is 47.2. The van der Waals surface area contributed by atoms with Crippen molar-refractivity contribution in [1.29, 1.82) is 0 Å². The zero-order chi connectivity index (χ0) is 16.9. The maximum absolute atomic E-state index is 11.9. The molecule has 6 nitrogen and oxygen atoms in total. The molecule has 0 aromatic heterocycles. The molecule has 0 spiro atoms. The van der Waals surface area contributed by atoms with Crippen LogP contribution in [-0.4, -0.2) is 36.7 Å². The average molecular weight is 308 g/mol. The van der Waals surface area contributed by atoms with Gasteiger partial charge in [-0.3, -0.25) is 9.59 Å². The van der Waals surface area contributed by atoms with E-state index in [-0.39, 0.29) is 36.2 Å². The van der Waals surface area contributed by atoms with Crippen LogP contribution in [0.4, 0.5) is 0 Å². The van der Waals surface area contributed by atoms with Crippen molar-refractivity contribution in [2.24, 2.45) is 11.8 Å². The molecule has 1 aliphatic carbocycles. The molecule has 22 heavy (non-hydrogen) atoms. The van der Waals surface area contributed by atoms with Crippen molar-refractivity contribution < 1.29 is 28.7 Å². The van der Waals surface area contributed by atoms with Crippen molar-refractivity contribution in [2.45, 2.75) is 27.7 Å². The van der Waals surface area contributed by atoms with Gasteiger partial charge < -0.3 is 9.47 Å². The highest BCUT2D eigenvalue weighted by Crippen LogP contribution is 2.15. The predicted octanol–water partition coefficient (Wildman–Crippen LogP) is 1.39. The van der Waals surface area contributed by atoms with Crippen molar-refractivity contribution in [3.63, 3.8) is 0 Å². The first kappa shape index (κ1) is 17.8. The van der Waals surface area contributed by atoms with Crippen LogP contribution in [0.15, 0.2) is 23.3 Å². The van der Waals surface area contributed by atoms with E-state index in [0.29, 0.717) is 0 Å². The molecule has 1 rings (SSSR count). The lowest BCUT2D eigenvalue weighted by atomic mass is 9.97. The van der Waals surface area contributed by atoms with E-state index < -0.39 is 23.5 Å². The van der Waals surface area contributed by atoms with Crippen LogP contribution in [0.3, 0.4) is 0 Å². The van der Waals surface area contributed by atoms with Gasteiger partial charge in [0.25, 0.3) is 0 Å². The first-order chi connectivity index (χ1) is 10.2. The molecule has 1 aliphatic rings.